The van der Waals surface area contributed by atoms with Crippen LogP contribution in [-0.2, 0) is 4.79 Å². The molecule has 0 saturated heterocycles. The molecule has 0 aromatic heterocycles. The molecule has 2 heteroatoms. The monoisotopic (exact) mass is 277 g/mol. The Kier molecular flexibility index (Phi) is 7.64. The molecule has 20 heavy (non-hydrogen) atoms. The first-order valence-corrected chi connectivity index (χ1v) is 8.14. The summed E-state index contributed by atoms with van der Waals surface area (Å²) in [7, 11) is 0. The van der Waals surface area contributed by atoms with E-state index in [-0.39, 0.29) is 0 Å². The van der Waals surface area contributed by atoms with Crippen molar-refractivity contribution in [2.75, 3.05) is 13.1 Å². The van der Waals surface area contributed by atoms with Crippen LogP contribution in [0, 0.1) is 11.8 Å². The second kappa shape index (κ2) is 8.99. The summed E-state index contributed by atoms with van der Waals surface area (Å²) in [5, 5.41) is 0. The van der Waals surface area contributed by atoms with Gasteiger partial charge in [-0.1, -0.05) is 44.6 Å². The van der Waals surface area contributed by atoms with Crippen molar-refractivity contribution in [2.45, 2.75) is 59.8 Å². The minimum atomic E-state index is 0.328. The molecule has 2 nitrogen and oxygen atoms in total. The Morgan fingerprint density at radius 3 is 2.50 bits per heavy atom. The first-order chi connectivity index (χ1) is 9.54. The van der Waals surface area contributed by atoms with E-state index in [1.165, 1.54) is 5.57 Å². The molecule has 1 aliphatic carbocycles. The fraction of sp³-hybridized carbons (Fsp3) is 0.722. The summed E-state index contributed by atoms with van der Waals surface area (Å²) >= 11 is 0. The van der Waals surface area contributed by atoms with E-state index in [9.17, 15) is 4.79 Å². The van der Waals surface area contributed by atoms with Crippen LogP contribution in [0.3, 0.4) is 0 Å². The molecule has 0 aliphatic heterocycles. The highest BCUT2D eigenvalue weighted by atomic mass is 16.2. The summed E-state index contributed by atoms with van der Waals surface area (Å²) in [6, 6.07) is 0. The predicted octanol–water partition coefficient (Wildman–Crippen LogP) is 4.57. The number of carbonyl (C=O) groups is 1. The summed E-state index contributed by atoms with van der Waals surface area (Å²) < 4.78 is 0. The molecule has 0 heterocycles. The number of rotatable bonds is 9. The highest BCUT2D eigenvalue weighted by molar-refractivity contribution is 5.81. The van der Waals surface area contributed by atoms with E-state index in [0.717, 1.165) is 45.2 Å². The molecule has 0 aromatic carbocycles. The molecule has 1 amide bonds. The molecule has 0 atom stereocenters. The zero-order chi connectivity index (χ0) is 15.0. The Bertz CT molecular complexity index is 350. The highest BCUT2D eigenvalue weighted by Gasteiger charge is 2.33. The summed E-state index contributed by atoms with van der Waals surface area (Å²) in [6.45, 7) is 10.4. The Morgan fingerprint density at radius 1 is 1.25 bits per heavy atom. The summed E-state index contributed by atoms with van der Waals surface area (Å²) in [5.41, 5.74) is 1.32. The van der Waals surface area contributed by atoms with Crippen LogP contribution in [0.15, 0.2) is 23.8 Å². The highest BCUT2D eigenvalue weighted by Crippen LogP contribution is 2.31. The Morgan fingerprint density at radius 2 is 1.95 bits per heavy atom. The molecule has 0 N–H and O–H groups in total. The maximum absolute atomic E-state index is 12.3. The SMILES string of the molecule is CC/C=C\CC/C=C(\C)CN(CC(C)C)C(=O)C1CC1. The molecule has 1 aliphatic rings. The lowest BCUT2D eigenvalue weighted by Crippen LogP contribution is -2.36. The summed E-state index contributed by atoms with van der Waals surface area (Å²) in [6.07, 6.45) is 12.2. The fourth-order valence-electron chi connectivity index (χ4n) is 2.34. The Hall–Kier alpha value is -1.05. The molecule has 0 spiro atoms. The molecule has 114 valence electrons. The molecule has 0 bridgehead atoms. The smallest absolute Gasteiger partial charge is 0.225 e. The second-order valence-corrected chi connectivity index (χ2v) is 6.39. The van der Waals surface area contributed by atoms with Crippen LogP contribution in [0.1, 0.15) is 59.8 Å². The van der Waals surface area contributed by atoms with Crippen LogP contribution in [-0.4, -0.2) is 23.9 Å². The average molecular weight is 277 g/mol. The molecule has 1 rings (SSSR count). The van der Waals surface area contributed by atoms with Crippen molar-refractivity contribution in [2.24, 2.45) is 11.8 Å². The van der Waals surface area contributed by atoms with Gasteiger partial charge in [0.15, 0.2) is 0 Å². The van der Waals surface area contributed by atoms with E-state index in [0.29, 0.717) is 17.7 Å². The quantitative estimate of drug-likeness (QED) is 0.446. The summed E-state index contributed by atoms with van der Waals surface area (Å²) in [4.78, 5) is 14.3. The number of hydrogen-bond donors (Lipinski definition) is 0. The standard InChI is InChI=1S/C18H31NO/c1-5-6-7-8-9-10-16(4)14-19(13-15(2)3)18(20)17-11-12-17/h6-7,10,15,17H,5,8-9,11-14H2,1-4H3/b7-6-,16-10+. The minimum absolute atomic E-state index is 0.328. The van der Waals surface area contributed by atoms with Gasteiger partial charge in [-0.2, -0.15) is 0 Å². The zero-order valence-electron chi connectivity index (χ0n) is 13.7. The predicted molar refractivity (Wildman–Crippen MR) is 86.6 cm³/mol. The molecular formula is C18H31NO. The van der Waals surface area contributed by atoms with E-state index in [1.807, 2.05) is 0 Å². The third-order valence-corrected chi connectivity index (χ3v) is 3.49. The van der Waals surface area contributed by atoms with Crippen molar-refractivity contribution in [1.29, 1.82) is 0 Å². The van der Waals surface area contributed by atoms with Crippen molar-refractivity contribution in [1.82, 2.24) is 4.90 Å². The van der Waals surface area contributed by atoms with Gasteiger partial charge in [0.2, 0.25) is 5.91 Å². The average Bonchev–Trinajstić information content (AvgIpc) is 3.20. The number of amides is 1. The fourth-order valence-corrected chi connectivity index (χ4v) is 2.34. The largest absolute Gasteiger partial charge is 0.338 e. The van der Waals surface area contributed by atoms with Crippen LogP contribution >= 0.6 is 0 Å². The topological polar surface area (TPSA) is 20.3 Å². The van der Waals surface area contributed by atoms with Gasteiger partial charge in [-0.15, -0.1) is 0 Å². The van der Waals surface area contributed by atoms with Crippen molar-refractivity contribution >= 4 is 5.91 Å². The lowest BCUT2D eigenvalue weighted by molar-refractivity contribution is -0.132. The number of nitrogens with zero attached hydrogens (tertiary/aromatic N) is 1. The van der Waals surface area contributed by atoms with E-state index in [1.54, 1.807) is 0 Å². The van der Waals surface area contributed by atoms with Gasteiger partial charge in [-0.05, 0) is 44.9 Å². The van der Waals surface area contributed by atoms with Crippen molar-refractivity contribution in [3.05, 3.63) is 23.8 Å². The van der Waals surface area contributed by atoms with Gasteiger partial charge in [0.05, 0.1) is 0 Å². The van der Waals surface area contributed by atoms with E-state index in [4.69, 9.17) is 0 Å². The van der Waals surface area contributed by atoms with Gasteiger partial charge in [0.25, 0.3) is 0 Å². The third-order valence-electron chi connectivity index (χ3n) is 3.49. The van der Waals surface area contributed by atoms with Crippen molar-refractivity contribution in [3.63, 3.8) is 0 Å². The van der Waals surface area contributed by atoms with Crippen LogP contribution in [0.25, 0.3) is 0 Å². The van der Waals surface area contributed by atoms with Crippen LogP contribution < -0.4 is 0 Å². The molecule has 0 aromatic rings. The lowest BCUT2D eigenvalue weighted by atomic mass is 10.1. The van der Waals surface area contributed by atoms with E-state index < -0.39 is 0 Å². The lowest BCUT2D eigenvalue weighted by Gasteiger charge is -2.25. The molecular weight excluding hydrogens is 246 g/mol. The second-order valence-electron chi connectivity index (χ2n) is 6.39. The van der Waals surface area contributed by atoms with Crippen molar-refractivity contribution in [3.8, 4) is 0 Å². The van der Waals surface area contributed by atoms with Crippen LogP contribution in [0.2, 0.25) is 0 Å². The van der Waals surface area contributed by atoms with Crippen molar-refractivity contribution < 1.29 is 4.79 Å². The first-order valence-electron chi connectivity index (χ1n) is 8.14. The van der Waals surface area contributed by atoms with Gasteiger partial charge >= 0.3 is 0 Å². The third kappa shape index (κ3) is 6.93. The van der Waals surface area contributed by atoms with Gasteiger partial charge in [0.1, 0.15) is 0 Å². The van der Waals surface area contributed by atoms with Crippen LogP contribution in [0.4, 0.5) is 0 Å². The van der Waals surface area contributed by atoms with Gasteiger partial charge in [-0.25, -0.2) is 0 Å². The summed E-state index contributed by atoms with van der Waals surface area (Å²) in [5.74, 6) is 1.24. The van der Waals surface area contributed by atoms with Gasteiger partial charge in [-0.3, -0.25) is 4.79 Å². The molecule has 0 unspecified atom stereocenters. The maximum Gasteiger partial charge on any atom is 0.225 e. The van der Waals surface area contributed by atoms with Gasteiger partial charge < -0.3 is 4.90 Å². The van der Waals surface area contributed by atoms with E-state index in [2.05, 4.69) is 50.8 Å². The van der Waals surface area contributed by atoms with Gasteiger partial charge in [0, 0.05) is 19.0 Å². The Labute approximate surface area is 124 Å². The number of allylic oxidation sites excluding steroid dienone is 3. The first kappa shape index (κ1) is 17.0. The molecule has 0 radical (unpaired) electrons. The normalized spacial score (nSPS) is 16.1. The zero-order valence-corrected chi connectivity index (χ0v) is 13.7. The van der Waals surface area contributed by atoms with E-state index >= 15 is 0 Å². The van der Waals surface area contributed by atoms with Crippen LogP contribution in [0.5, 0.6) is 0 Å². The number of hydrogen-bond acceptors (Lipinski definition) is 1. The maximum atomic E-state index is 12.3. The minimum Gasteiger partial charge on any atom is -0.338 e. The molecule has 1 saturated carbocycles. The number of unbranched alkanes of at least 4 members (excludes halogenated alkanes) is 1. The molecule has 1 fully saturated rings. The number of carbonyl (C=O) groups excluding carboxylic acids is 1. The Balaban J connectivity index is 2.43.